The van der Waals surface area contributed by atoms with Gasteiger partial charge in [0.15, 0.2) is 5.82 Å². The van der Waals surface area contributed by atoms with E-state index in [1.165, 1.54) is 12.4 Å². The standard InChI is InChI=1S/C12H10N4O2/c1-16-12(13-6-14-16)8-4-7-2-3-10(18)15-11(7)9(17)5-8/h2-6,17H,1H3,(H,15,18). The molecule has 0 fully saturated rings. The molecule has 0 aliphatic rings. The Balaban J connectivity index is 2.31. The van der Waals surface area contributed by atoms with Gasteiger partial charge in [-0.25, -0.2) is 9.67 Å². The van der Waals surface area contributed by atoms with Crippen molar-refractivity contribution in [3.05, 3.63) is 40.9 Å². The molecule has 0 radical (unpaired) electrons. The number of nitrogens with zero attached hydrogens (tertiary/aromatic N) is 3. The van der Waals surface area contributed by atoms with Crippen molar-refractivity contribution in [2.45, 2.75) is 0 Å². The van der Waals surface area contributed by atoms with Crippen molar-refractivity contribution in [1.29, 1.82) is 0 Å². The van der Waals surface area contributed by atoms with Gasteiger partial charge in [-0.1, -0.05) is 0 Å². The number of phenolic OH excluding ortho intramolecular Hbond substituents is 1. The van der Waals surface area contributed by atoms with Crippen LogP contribution in [0.3, 0.4) is 0 Å². The van der Waals surface area contributed by atoms with Crippen LogP contribution in [0.25, 0.3) is 22.3 Å². The molecule has 0 spiro atoms. The second-order valence-electron chi connectivity index (χ2n) is 3.99. The van der Waals surface area contributed by atoms with Gasteiger partial charge in [-0.15, -0.1) is 0 Å². The molecular formula is C12H10N4O2. The third-order valence-corrected chi connectivity index (χ3v) is 2.78. The first kappa shape index (κ1) is 10.5. The topological polar surface area (TPSA) is 83.8 Å². The maximum absolute atomic E-state index is 11.2. The lowest BCUT2D eigenvalue weighted by Crippen LogP contribution is -2.02. The first-order chi connectivity index (χ1) is 8.65. The summed E-state index contributed by atoms with van der Waals surface area (Å²) in [6.07, 6.45) is 1.45. The van der Waals surface area contributed by atoms with E-state index < -0.39 is 0 Å². The van der Waals surface area contributed by atoms with Gasteiger partial charge in [0, 0.05) is 24.1 Å². The number of pyridine rings is 1. The van der Waals surface area contributed by atoms with Crippen LogP contribution >= 0.6 is 0 Å². The Labute approximate surface area is 102 Å². The van der Waals surface area contributed by atoms with Crippen LogP contribution in [0.4, 0.5) is 0 Å². The van der Waals surface area contributed by atoms with E-state index in [1.54, 1.807) is 23.9 Å². The molecule has 2 N–H and O–H groups in total. The summed E-state index contributed by atoms with van der Waals surface area (Å²) in [6.45, 7) is 0. The molecule has 2 aromatic heterocycles. The highest BCUT2D eigenvalue weighted by Crippen LogP contribution is 2.28. The maximum atomic E-state index is 11.2. The van der Waals surface area contributed by atoms with Gasteiger partial charge in [-0.3, -0.25) is 4.79 Å². The summed E-state index contributed by atoms with van der Waals surface area (Å²) in [4.78, 5) is 17.9. The molecule has 6 heteroatoms. The van der Waals surface area contributed by atoms with Crippen molar-refractivity contribution in [2.24, 2.45) is 7.05 Å². The lowest BCUT2D eigenvalue weighted by molar-refractivity contribution is 0.480. The summed E-state index contributed by atoms with van der Waals surface area (Å²) < 4.78 is 1.62. The van der Waals surface area contributed by atoms with Crippen molar-refractivity contribution < 1.29 is 5.11 Å². The van der Waals surface area contributed by atoms with E-state index in [2.05, 4.69) is 15.1 Å². The number of H-pyrrole nitrogens is 1. The molecule has 0 amide bonds. The molecular weight excluding hydrogens is 232 g/mol. The van der Waals surface area contributed by atoms with Crippen LogP contribution in [0.5, 0.6) is 5.75 Å². The first-order valence-corrected chi connectivity index (χ1v) is 5.35. The van der Waals surface area contributed by atoms with Crippen molar-refractivity contribution in [3.8, 4) is 17.1 Å². The average Bonchev–Trinajstić information content (AvgIpc) is 2.76. The van der Waals surface area contributed by atoms with Crippen molar-refractivity contribution in [2.75, 3.05) is 0 Å². The molecule has 0 bridgehead atoms. The van der Waals surface area contributed by atoms with Crippen LogP contribution in [0, 0.1) is 0 Å². The Hall–Kier alpha value is -2.63. The summed E-state index contributed by atoms with van der Waals surface area (Å²) in [7, 11) is 1.77. The Morgan fingerprint density at radius 3 is 2.89 bits per heavy atom. The number of nitrogens with one attached hydrogen (secondary N) is 1. The normalized spacial score (nSPS) is 10.9. The Bertz CT molecular complexity index is 788. The summed E-state index contributed by atoms with van der Waals surface area (Å²) >= 11 is 0. The lowest BCUT2D eigenvalue weighted by Gasteiger charge is -2.05. The highest BCUT2D eigenvalue weighted by atomic mass is 16.3. The van der Waals surface area contributed by atoms with Gasteiger partial charge >= 0.3 is 0 Å². The van der Waals surface area contributed by atoms with E-state index in [0.29, 0.717) is 11.3 Å². The number of aryl methyl sites for hydroxylation is 1. The van der Waals surface area contributed by atoms with Crippen LogP contribution in [0.15, 0.2) is 35.4 Å². The molecule has 1 aromatic carbocycles. The number of benzene rings is 1. The van der Waals surface area contributed by atoms with Crippen LogP contribution in [0.1, 0.15) is 0 Å². The minimum absolute atomic E-state index is 0.0169. The second-order valence-corrected chi connectivity index (χ2v) is 3.99. The fourth-order valence-corrected chi connectivity index (χ4v) is 1.93. The molecule has 0 aliphatic carbocycles. The molecule has 0 unspecified atom stereocenters. The zero-order valence-corrected chi connectivity index (χ0v) is 9.58. The average molecular weight is 242 g/mol. The van der Waals surface area contributed by atoms with E-state index in [9.17, 15) is 9.90 Å². The summed E-state index contributed by atoms with van der Waals surface area (Å²) in [6, 6.07) is 6.48. The number of aromatic nitrogens is 4. The molecule has 3 rings (SSSR count). The van der Waals surface area contributed by atoms with Gasteiger partial charge in [0.1, 0.15) is 12.1 Å². The fraction of sp³-hybridized carbons (Fsp3) is 0.0833. The third kappa shape index (κ3) is 1.55. The molecule has 6 nitrogen and oxygen atoms in total. The molecule has 0 saturated carbocycles. The Morgan fingerprint density at radius 1 is 1.33 bits per heavy atom. The molecule has 90 valence electrons. The van der Waals surface area contributed by atoms with Crippen molar-refractivity contribution in [1.82, 2.24) is 19.7 Å². The van der Waals surface area contributed by atoms with E-state index >= 15 is 0 Å². The number of aromatic hydroxyl groups is 1. The molecule has 0 aliphatic heterocycles. The zero-order chi connectivity index (χ0) is 12.7. The van der Waals surface area contributed by atoms with E-state index in [1.807, 2.05) is 6.07 Å². The predicted octanol–water partition coefficient (Wildman–Crippen LogP) is 1.03. The molecule has 0 atom stereocenters. The van der Waals surface area contributed by atoms with Gasteiger partial charge in [0.05, 0.1) is 5.52 Å². The van der Waals surface area contributed by atoms with Crippen LogP contribution in [-0.2, 0) is 7.05 Å². The third-order valence-electron chi connectivity index (χ3n) is 2.78. The zero-order valence-electron chi connectivity index (χ0n) is 9.58. The van der Waals surface area contributed by atoms with Gasteiger partial charge < -0.3 is 10.1 Å². The van der Waals surface area contributed by atoms with E-state index in [-0.39, 0.29) is 11.3 Å². The predicted molar refractivity (Wildman–Crippen MR) is 66.2 cm³/mol. The first-order valence-electron chi connectivity index (χ1n) is 5.35. The molecule has 18 heavy (non-hydrogen) atoms. The number of hydrogen-bond donors (Lipinski definition) is 2. The summed E-state index contributed by atoms with van der Waals surface area (Å²) in [5.74, 6) is 0.668. The molecule has 2 heterocycles. The highest BCUT2D eigenvalue weighted by Gasteiger charge is 2.09. The lowest BCUT2D eigenvalue weighted by atomic mass is 10.1. The molecule has 3 aromatic rings. The quantitative estimate of drug-likeness (QED) is 0.667. The SMILES string of the molecule is Cn1ncnc1-c1cc(O)c2[nH]c(=O)ccc2c1. The van der Waals surface area contributed by atoms with Crippen molar-refractivity contribution >= 4 is 10.9 Å². The van der Waals surface area contributed by atoms with Crippen LogP contribution in [-0.4, -0.2) is 24.9 Å². The number of phenols is 1. The van der Waals surface area contributed by atoms with Gasteiger partial charge in [-0.2, -0.15) is 5.10 Å². The minimum atomic E-state index is -0.246. The van der Waals surface area contributed by atoms with E-state index in [0.717, 1.165) is 10.9 Å². The summed E-state index contributed by atoms with van der Waals surface area (Å²) in [5.41, 5.74) is 0.921. The fourth-order valence-electron chi connectivity index (χ4n) is 1.93. The van der Waals surface area contributed by atoms with Crippen LogP contribution < -0.4 is 5.56 Å². The number of hydrogen-bond acceptors (Lipinski definition) is 4. The molecule has 0 saturated heterocycles. The monoisotopic (exact) mass is 242 g/mol. The Kier molecular flexibility index (Phi) is 2.16. The minimum Gasteiger partial charge on any atom is -0.506 e. The maximum Gasteiger partial charge on any atom is 0.248 e. The number of aromatic amines is 1. The largest absolute Gasteiger partial charge is 0.506 e. The Morgan fingerprint density at radius 2 is 2.17 bits per heavy atom. The van der Waals surface area contributed by atoms with Crippen molar-refractivity contribution in [3.63, 3.8) is 0 Å². The van der Waals surface area contributed by atoms with Gasteiger partial charge in [0.25, 0.3) is 0 Å². The smallest absolute Gasteiger partial charge is 0.248 e. The van der Waals surface area contributed by atoms with Crippen LogP contribution in [0.2, 0.25) is 0 Å². The highest BCUT2D eigenvalue weighted by molar-refractivity contribution is 5.88. The number of fused-ring (bicyclic) bond motifs is 1. The number of rotatable bonds is 1. The van der Waals surface area contributed by atoms with E-state index in [4.69, 9.17) is 0 Å². The second kappa shape index (κ2) is 3.69. The van der Waals surface area contributed by atoms with Gasteiger partial charge in [-0.05, 0) is 18.2 Å². The van der Waals surface area contributed by atoms with Gasteiger partial charge in [0.2, 0.25) is 5.56 Å². The summed E-state index contributed by atoms with van der Waals surface area (Å²) in [5, 5.41) is 14.7.